The van der Waals surface area contributed by atoms with Crippen molar-refractivity contribution < 1.29 is 0 Å². The van der Waals surface area contributed by atoms with E-state index in [4.69, 9.17) is 0 Å². The molecule has 0 saturated heterocycles. The Morgan fingerprint density at radius 3 is 2.03 bits per heavy atom. The molecule has 0 amide bonds. The van der Waals surface area contributed by atoms with E-state index < -0.39 is 0 Å². The summed E-state index contributed by atoms with van der Waals surface area (Å²) < 4.78 is 2.50. The highest BCUT2D eigenvalue weighted by molar-refractivity contribution is 6.25. The molecule has 8 rings (SSSR count). The third kappa shape index (κ3) is 2.12. The van der Waals surface area contributed by atoms with Crippen LogP contribution in [0.2, 0.25) is 0 Å². The van der Waals surface area contributed by atoms with E-state index >= 15 is 0 Å². The first-order valence-electron chi connectivity index (χ1n) is 11.5. The van der Waals surface area contributed by atoms with Crippen LogP contribution in [0.15, 0.2) is 115 Å². The van der Waals surface area contributed by atoms with Crippen molar-refractivity contribution in [3.63, 3.8) is 0 Å². The van der Waals surface area contributed by atoms with Gasteiger partial charge in [-0.25, -0.2) is 0 Å². The van der Waals surface area contributed by atoms with Crippen LogP contribution in [-0.4, -0.2) is 4.57 Å². The molecule has 0 saturated carbocycles. The molecule has 1 heteroatoms. The van der Waals surface area contributed by atoms with Crippen LogP contribution in [0.4, 0.5) is 0 Å². The van der Waals surface area contributed by atoms with Crippen molar-refractivity contribution in [3.05, 3.63) is 115 Å². The molecule has 0 fully saturated rings. The molecule has 1 nitrogen and oxygen atoms in total. The van der Waals surface area contributed by atoms with E-state index in [0.29, 0.717) is 0 Å². The quantitative estimate of drug-likeness (QED) is 0.252. The van der Waals surface area contributed by atoms with Crippen LogP contribution in [0.25, 0.3) is 71.3 Å². The molecule has 7 aromatic rings. The summed E-state index contributed by atoms with van der Waals surface area (Å²) in [6.07, 6.45) is 0. The summed E-state index contributed by atoms with van der Waals surface area (Å²) in [4.78, 5) is 0. The van der Waals surface area contributed by atoms with E-state index in [9.17, 15) is 0 Å². The Balaban J connectivity index is 1.64. The highest BCUT2D eigenvalue weighted by Gasteiger charge is 2.26. The molecule has 0 aliphatic heterocycles. The monoisotopic (exact) mass is 417 g/mol. The first-order chi connectivity index (χ1) is 16.4. The topological polar surface area (TPSA) is 4.93 Å². The predicted molar refractivity (Wildman–Crippen MR) is 140 cm³/mol. The Morgan fingerprint density at radius 2 is 1.12 bits per heavy atom. The van der Waals surface area contributed by atoms with Crippen LogP contribution in [-0.2, 0) is 0 Å². The van der Waals surface area contributed by atoms with Gasteiger partial charge in [-0.2, -0.15) is 0 Å². The smallest absolute Gasteiger partial charge is 0.0626 e. The molecule has 152 valence electrons. The lowest BCUT2D eigenvalue weighted by atomic mass is 10.00. The Hall–Kier alpha value is -4.36. The van der Waals surface area contributed by atoms with Gasteiger partial charge < -0.3 is 4.57 Å². The molecule has 6 aromatic carbocycles. The van der Waals surface area contributed by atoms with E-state index in [2.05, 4.69) is 120 Å². The maximum Gasteiger partial charge on any atom is 0.0626 e. The lowest BCUT2D eigenvalue weighted by Gasteiger charge is -2.14. The summed E-state index contributed by atoms with van der Waals surface area (Å²) >= 11 is 0. The second-order valence-corrected chi connectivity index (χ2v) is 8.94. The van der Waals surface area contributed by atoms with Crippen LogP contribution in [0.1, 0.15) is 0 Å². The van der Waals surface area contributed by atoms with Crippen molar-refractivity contribution in [1.29, 1.82) is 0 Å². The summed E-state index contributed by atoms with van der Waals surface area (Å²) in [5, 5.41) is 7.82. The van der Waals surface area contributed by atoms with E-state index in [1.54, 1.807) is 0 Å². The zero-order valence-corrected chi connectivity index (χ0v) is 17.9. The number of nitrogens with zero attached hydrogens (tertiary/aromatic N) is 1. The molecular formula is C32H19N. The van der Waals surface area contributed by atoms with E-state index in [1.165, 1.54) is 71.3 Å². The van der Waals surface area contributed by atoms with Crippen LogP contribution >= 0.6 is 0 Å². The predicted octanol–water partition coefficient (Wildman–Crippen LogP) is 8.74. The van der Waals surface area contributed by atoms with Gasteiger partial charge in [0.05, 0.1) is 16.7 Å². The van der Waals surface area contributed by atoms with Crippen LogP contribution in [0.5, 0.6) is 0 Å². The summed E-state index contributed by atoms with van der Waals surface area (Å²) in [6.45, 7) is 0. The van der Waals surface area contributed by atoms with Crippen molar-refractivity contribution in [2.75, 3.05) is 0 Å². The molecule has 0 unspecified atom stereocenters. The van der Waals surface area contributed by atoms with Gasteiger partial charge >= 0.3 is 0 Å². The Morgan fingerprint density at radius 1 is 0.424 bits per heavy atom. The molecule has 1 heterocycles. The number of aromatic nitrogens is 1. The summed E-state index contributed by atoms with van der Waals surface area (Å²) in [5.74, 6) is 0. The van der Waals surface area contributed by atoms with Gasteiger partial charge in [-0.1, -0.05) is 103 Å². The SMILES string of the molecule is c1ccc2c(-n3c4ccccc4c4ccc5c(c43)-c3cccc4cccc-5c34)cccc2c1. The maximum absolute atomic E-state index is 2.50. The number of hydrogen-bond donors (Lipinski definition) is 0. The van der Waals surface area contributed by atoms with Gasteiger partial charge in [0.25, 0.3) is 0 Å². The van der Waals surface area contributed by atoms with Crippen LogP contribution in [0, 0.1) is 0 Å². The lowest BCUT2D eigenvalue weighted by Crippen LogP contribution is -1.96. The average Bonchev–Trinajstić information content (AvgIpc) is 3.38. The van der Waals surface area contributed by atoms with E-state index in [0.717, 1.165) is 0 Å². The number of rotatable bonds is 1. The van der Waals surface area contributed by atoms with Gasteiger partial charge in [0.1, 0.15) is 0 Å². The Bertz CT molecular complexity index is 1910. The highest BCUT2D eigenvalue weighted by atomic mass is 15.0. The number of para-hydroxylation sites is 1. The molecule has 33 heavy (non-hydrogen) atoms. The van der Waals surface area contributed by atoms with E-state index in [1.807, 2.05) is 0 Å². The van der Waals surface area contributed by atoms with E-state index in [-0.39, 0.29) is 0 Å². The minimum absolute atomic E-state index is 1.23. The van der Waals surface area contributed by atoms with Crippen molar-refractivity contribution >= 4 is 43.4 Å². The van der Waals surface area contributed by atoms with Crippen molar-refractivity contribution in [2.24, 2.45) is 0 Å². The van der Waals surface area contributed by atoms with Crippen molar-refractivity contribution in [2.45, 2.75) is 0 Å². The molecular weight excluding hydrogens is 398 g/mol. The Kier molecular flexibility index (Phi) is 3.19. The third-order valence-corrected chi connectivity index (χ3v) is 7.31. The zero-order valence-electron chi connectivity index (χ0n) is 17.9. The molecule has 0 radical (unpaired) electrons. The van der Waals surface area contributed by atoms with Gasteiger partial charge in [-0.3, -0.25) is 0 Å². The molecule has 1 aliphatic carbocycles. The molecule has 0 N–H and O–H groups in total. The standard InChI is InChI=1S/C32H19N/c1-2-12-22-20(8-1)9-7-17-28(22)33-29-16-4-3-13-23(29)26-19-18-25-24-14-5-10-21-11-6-15-27(30(21)24)31(25)32(26)33/h1-19H. The van der Waals surface area contributed by atoms with Gasteiger partial charge in [0.15, 0.2) is 0 Å². The number of benzene rings is 6. The highest BCUT2D eigenvalue weighted by Crippen LogP contribution is 2.52. The fraction of sp³-hybridized carbons (Fsp3) is 0. The molecule has 0 atom stereocenters. The molecule has 0 bridgehead atoms. The number of fused-ring (bicyclic) bond motifs is 8. The third-order valence-electron chi connectivity index (χ3n) is 7.31. The number of hydrogen-bond acceptors (Lipinski definition) is 0. The van der Waals surface area contributed by atoms with Gasteiger partial charge in [0.2, 0.25) is 0 Å². The maximum atomic E-state index is 2.50. The molecule has 1 aromatic heterocycles. The molecule has 0 spiro atoms. The van der Waals surface area contributed by atoms with Crippen LogP contribution in [0.3, 0.4) is 0 Å². The second kappa shape index (κ2) is 6.11. The van der Waals surface area contributed by atoms with Gasteiger partial charge in [-0.05, 0) is 45.0 Å². The first-order valence-corrected chi connectivity index (χ1v) is 11.5. The van der Waals surface area contributed by atoms with Crippen molar-refractivity contribution in [3.8, 4) is 27.9 Å². The van der Waals surface area contributed by atoms with Gasteiger partial charge in [-0.15, -0.1) is 0 Å². The normalized spacial score (nSPS) is 12.2. The minimum Gasteiger partial charge on any atom is -0.308 e. The zero-order chi connectivity index (χ0) is 21.5. The lowest BCUT2D eigenvalue weighted by molar-refractivity contribution is 1.20. The molecule has 1 aliphatic rings. The van der Waals surface area contributed by atoms with Crippen molar-refractivity contribution in [1.82, 2.24) is 4.57 Å². The fourth-order valence-corrected chi connectivity index (χ4v) is 5.98. The summed E-state index contributed by atoms with van der Waals surface area (Å²) in [6, 6.07) is 42.2. The minimum atomic E-state index is 1.23. The fourth-order valence-electron chi connectivity index (χ4n) is 5.98. The summed E-state index contributed by atoms with van der Waals surface area (Å²) in [5.41, 5.74) is 9.15. The average molecular weight is 418 g/mol. The summed E-state index contributed by atoms with van der Waals surface area (Å²) in [7, 11) is 0. The first kappa shape index (κ1) is 17.2. The van der Waals surface area contributed by atoms with Crippen LogP contribution < -0.4 is 0 Å². The second-order valence-electron chi connectivity index (χ2n) is 8.94. The largest absolute Gasteiger partial charge is 0.308 e. The van der Waals surface area contributed by atoms with Gasteiger partial charge in [0, 0.05) is 21.7 Å². The Labute approximate surface area is 191 Å².